The monoisotopic (exact) mass is 600 g/mol. The molecule has 0 saturated heterocycles. The Hall–Kier alpha value is -5.92. The highest BCUT2D eigenvalue weighted by Crippen LogP contribution is 2.44. The van der Waals surface area contributed by atoms with Crippen molar-refractivity contribution < 1.29 is 42.8 Å². The van der Waals surface area contributed by atoms with E-state index in [1.165, 1.54) is 0 Å². The normalized spacial score (nSPS) is 20.3. The Morgan fingerprint density at radius 2 is 0.689 bits per heavy atom. The summed E-state index contributed by atoms with van der Waals surface area (Å²) in [7, 11) is 0. The summed E-state index contributed by atoms with van der Waals surface area (Å²) in [5, 5.41) is -4.08. The molecule has 9 rings (SSSR count). The van der Waals surface area contributed by atoms with Gasteiger partial charge in [-0.25, -0.2) is 0 Å². The summed E-state index contributed by atoms with van der Waals surface area (Å²) in [6.07, 6.45) is 0. The molecule has 9 aromatic rings. The van der Waals surface area contributed by atoms with Crippen molar-refractivity contribution in [3.05, 3.63) is 169 Å². The Balaban J connectivity index is 1.52. The molecular weight excluding hydrogens is 544 g/mol. The summed E-state index contributed by atoms with van der Waals surface area (Å²) in [6, 6.07) is -26.5. The predicted molar refractivity (Wildman–Crippen MR) is 190 cm³/mol. The molecule has 1 heteroatoms. The van der Waals surface area contributed by atoms with Gasteiger partial charge in [0.25, 0.3) is 0 Å². The lowest BCUT2D eigenvalue weighted by atomic mass is 9.85. The minimum atomic E-state index is -1.10. The van der Waals surface area contributed by atoms with E-state index in [-0.39, 0.29) is 0 Å². The molecule has 0 N–H and O–H groups in total. The van der Waals surface area contributed by atoms with Crippen LogP contribution in [-0.4, -0.2) is 0 Å². The molecule has 8 aromatic carbocycles. The molecule has 0 unspecified atom stereocenters. The zero-order chi connectivity index (χ0) is 54.1. The van der Waals surface area contributed by atoms with Gasteiger partial charge in [-0.2, -0.15) is 0 Å². The predicted octanol–water partition coefficient (Wildman–Crippen LogP) is 12.6. The van der Waals surface area contributed by atoms with Crippen molar-refractivity contribution in [3.8, 4) is 44.5 Å². The van der Waals surface area contributed by atoms with Gasteiger partial charge in [0.1, 0.15) is 11.2 Å². The molecule has 0 aliphatic carbocycles. The van der Waals surface area contributed by atoms with Gasteiger partial charge in [-0.05, 0) is 96.3 Å². The second-order valence-corrected chi connectivity index (χ2v) is 9.51. The largest absolute Gasteiger partial charge is 0.456 e. The summed E-state index contributed by atoms with van der Waals surface area (Å²) >= 11 is 0. The molecule has 0 atom stereocenters. The van der Waals surface area contributed by atoms with Crippen molar-refractivity contribution in [2.75, 3.05) is 0 Å². The fraction of sp³-hybridized carbons (Fsp3) is 0. The van der Waals surface area contributed by atoms with Crippen LogP contribution in [0.3, 0.4) is 0 Å². The van der Waals surface area contributed by atoms with E-state index in [2.05, 4.69) is 0 Å². The minimum absolute atomic E-state index is 0.550. The van der Waals surface area contributed by atoms with Crippen LogP contribution < -0.4 is 0 Å². The van der Waals surface area contributed by atoms with Crippen LogP contribution in [0.1, 0.15) is 38.4 Å². The molecule has 1 aromatic heterocycles. The van der Waals surface area contributed by atoms with Crippen molar-refractivity contribution in [2.45, 2.75) is 0 Å². The number of rotatable bonds is 4. The molecule has 1 heterocycles. The first kappa shape index (κ1) is 10.1. The topological polar surface area (TPSA) is 13.1 Å². The highest BCUT2D eigenvalue weighted by Gasteiger charge is 2.17. The van der Waals surface area contributed by atoms with Crippen LogP contribution >= 0.6 is 0 Å². The fourth-order valence-corrected chi connectivity index (χ4v) is 5.12. The van der Waals surface area contributed by atoms with E-state index in [9.17, 15) is 13.7 Å². The van der Waals surface area contributed by atoms with E-state index >= 15 is 0 Å². The van der Waals surface area contributed by atoms with E-state index in [1.54, 1.807) is 0 Å². The second-order valence-electron chi connectivity index (χ2n) is 9.51. The summed E-state index contributed by atoms with van der Waals surface area (Å²) in [6.45, 7) is 0. The van der Waals surface area contributed by atoms with Gasteiger partial charge in [-0.3, -0.25) is 0 Å². The molecule has 0 saturated carbocycles. The third kappa shape index (κ3) is 4.24. The van der Waals surface area contributed by atoms with Gasteiger partial charge in [0.2, 0.25) is 0 Å². The number of fused-ring (bicyclic) bond motifs is 5. The molecule has 0 spiro atoms. The molecule has 0 aliphatic heterocycles. The van der Waals surface area contributed by atoms with Gasteiger partial charge in [0, 0.05) is 10.8 Å². The standard InChI is InChI=1S/C44H28O/c1-3-12-29(13-4-1)32-22-24-41-39(27-32)40-28-33(23-25-42(40)45-41)31-16-11-17-34(26-31)44-37-20-9-7-18-35(37)43(30-14-5-2-6-15-30)36-19-8-10-21-38(36)44/h1-28H/i1D,2D,3D,4D,5D,6D,7D,8D,9D,10D,11D,12D,13D,14D,15D,16D,17D,18D,19D,20D,21D,22D,23D,24D,25D,26D,27D,28D. The van der Waals surface area contributed by atoms with Crippen molar-refractivity contribution >= 4 is 43.5 Å². The lowest BCUT2D eigenvalue weighted by Crippen LogP contribution is -1.91. The van der Waals surface area contributed by atoms with Crippen LogP contribution in [-0.2, 0) is 0 Å². The van der Waals surface area contributed by atoms with Crippen molar-refractivity contribution in [3.63, 3.8) is 0 Å². The Morgan fingerprint density at radius 3 is 1.24 bits per heavy atom. The first-order chi connectivity index (χ1) is 34.0. The van der Waals surface area contributed by atoms with E-state index < -0.39 is 257 Å². The number of hydrogen-bond acceptors (Lipinski definition) is 1. The first-order valence-corrected chi connectivity index (χ1v) is 13.2. The molecule has 0 bridgehead atoms. The number of benzene rings is 8. The maximum Gasteiger partial charge on any atom is 0.135 e. The van der Waals surface area contributed by atoms with E-state index in [0.29, 0.717) is 0 Å². The van der Waals surface area contributed by atoms with Crippen molar-refractivity contribution in [1.29, 1.82) is 0 Å². The fourth-order valence-electron chi connectivity index (χ4n) is 5.12. The third-order valence-electron chi connectivity index (χ3n) is 7.01. The Bertz CT molecular complexity index is 3980. The molecule has 0 aliphatic rings. The molecule has 0 radical (unpaired) electrons. The van der Waals surface area contributed by atoms with Crippen LogP contribution in [0.2, 0.25) is 0 Å². The molecule has 45 heavy (non-hydrogen) atoms. The SMILES string of the molecule is [2H]c1c([2H])c([2H])c(-c2c([2H])c([2H])c3oc4c([2H])c([2H])c(-c5c([2H])c([2H])c([2H])c(-c6c7c([2H])c([2H])c([2H])c([2H])c7c(-c7c([2H])c([2H])c([2H])c([2H])c7[2H])c7c([2H])c([2H])c([2H])c([2H])c67)c5[2H])c([2H])c4c3c2[2H])c([2H])c1[2H]. The maximum atomic E-state index is 9.84. The minimum Gasteiger partial charge on any atom is -0.456 e. The Kier molecular flexibility index (Phi) is 2.32. The molecule has 0 amide bonds. The summed E-state index contributed by atoms with van der Waals surface area (Å²) in [5.74, 6) is 0. The second kappa shape index (κ2) is 10.4. The smallest absolute Gasteiger partial charge is 0.135 e. The van der Waals surface area contributed by atoms with Gasteiger partial charge < -0.3 is 4.42 Å². The molecule has 210 valence electrons. The zero-order valence-corrected chi connectivity index (χ0v) is 22.4. The van der Waals surface area contributed by atoms with Crippen LogP contribution in [0.4, 0.5) is 0 Å². The third-order valence-corrected chi connectivity index (χ3v) is 7.01. The Morgan fingerprint density at radius 1 is 0.289 bits per heavy atom. The number of hydrogen-bond donors (Lipinski definition) is 0. The van der Waals surface area contributed by atoms with E-state index in [1.807, 2.05) is 0 Å². The lowest BCUT2D eigenvalue weighted by Gasteiger charge is -2.18. The lowest BCUT2D eigenvalue weighted by molar-refractivity contribution is 0.669. The average Bonchev–Trinajstić information content (AvgIpc) is 3.77. The number of furan rings is 1. The first-order valence-electron chi connectivity index (χ1n) is 27.2. The van der Waals surface area contributed by atoms with Crippen molar-refractivity contribution in [2.24, 2.45) is 0 Å². The molecule has 0 fully saturated rings. The highest BCUT2D eigenvalue weighted by molar-refractivity contribution is 6.21. The van der Waals surface area contributed by atoms with Crippen molar-refractivity contribution in [1.82, 2.24) is 0 Å². The van der Waals surface area contributed by atoms with E-state index in [4.69, 9.17) is 29.1 Å². The molecule has 1 nitrogen and oxygen atoms in total. The van der Waals surface area contributed by atoms with E-state index in [0.717, 1.165) is 0 Å². The zero-order valence-electron chi connectivity index (χ0n) is 50.4. The van der Waals surface area contributed by atoms with Gasteiger partial charge in [0.05, 0.1) is 38.4 Å². The van der Waals surface area contributed by atoms with Gasteiger partial charge in [-0.1, -0.05) is 139 Å². The maximum absolute atomic E-state index is 9.84. The van der Waals surface area contributed by atoms with Crippen LogP contribution in [0.5, 0.6) is 0 Å². The van der Waals surface area contributed by atoms with Gasteiger partial charge >= 0.3 is 0 Å². The Labute approximate surface area is 301 Å². The summed E-state index contributed by atoms with van der Waals surface area (Å²) < 4.78 is 255. The highest BCUT2D eigenvalue weighted by atomic mass is 16.3. The summed E-state index contributed by atoms with van der Waals surface area (Å²) in [5.41, 5.74) is -7.50. The van der Waals surface area contributed by atoms with Crippen LogP contribution in [0, 0.1) is 0 Å². The van der Waals surface area contributed by atoms with Crippen LogP contribution in [0.15, 0.2) is 174 Å². The summed E-state index contributed by atoms with van der Waals surface area (Å²) in [4.78, 5) is 0. The molecular formula is C44H28O. The van der Waals surface area contributed by atoms with Gasteiger partial charge in [-0.15, -0.1) is 0 Å². The van der Waals surface area contributed by atoms with Crippen LogP contribution in [0.25, 0.3) is 88.0 Å². The quantitative estimate of drug-likeness (QED) is 0.183. The van der Waals surface area contributed by atoms with Gasteiger partial charge in [0.15, 0.2) is 0 Å². The average molecular weight is 601 g/mol.